The van der Waals surface area contributed by atoms with Gasteiger partial charge in [-0.05, 0) is 31.2 Å². The molecule has 1 rings (SSSR count). The van der Waals surface area contributed by atoms with Gasteiger partial charge in [0.25, 0.3) is 0 Å². The first-order valence-electron chi connectivity index (χ1n) is 6.20. The number of hydrogen-bond donors (Lipinski definition) is 1. The van der Waals surface area contributed by atoms with Crippen LogP contribution in [0.25, 0.3) is 0 Å². The summed E-state index contributed by atoms with van der Waals surface area (Å²) in [5.74, 6) is 4.03. The number of ether oxygens (including phenoxy) is 2. The van der Waals surface area contributed by atoms with E-state index in [1.54, 1.807) is 7.11 Å². The molecular formula is C15H21NO2. The van der Waals surface area contributed by atoms with Crippen molar-refractivity contribution in [3.8, 4) is 23.8 Å². The van der Waals surface area contributed by atoms with Gasteiger partial charge in [-0.1, -0.05) is 13.0 Å². The third-order valence-electron chi connectivity index (χ3n) is 2.70. The Hall–Kier alpha value is -1.66. The van der Waals surface area contributed by atoms with E-state index in [2.05, 4.69) is 25.1 Å². The molecule has 0 spiro atoms. The molecule has 18 heavy (non-hydrogen) atoms. The largest absolute Gasteiger partial charge is 0.493 e. The Balaban J connectivity index is 2.79. The molecule has 1 aromatic rings. The lowest BCUT2D eigenvalue weighted by atomic mass is 10.1. The van der Waals surface area contributed by atoms with Crippen LogP contribution in [-0.4, -0.2) is 20.3 Å². The van der Waals surface area contributed by atoms with Gasteiger partial charge in [0.05, 0.1) is 13.7 Å². The predicted octanol–water partition coefficient (Wildman–Crippen LogP) is 2.77. The molecule has 0 amide bonds. The van der Waals surface area contributed by atoms with Crippen LogP contribution < -0.4 is 14.8 Å². The van der Waals surface area contributed by atoms with E-state index in [1.165, 1.54) is 5.56 Å². The highest BCUT2D eigenvalue weighted by atomic mass is 16.5. The lowest BCUT2D eigenvalue weighted by Gasteiger charge is -2.16. The molecule has 1 N–H and O–H groups in total. The average Bonchev–Trinajstić information content (AvgIpc) is 2.39. The Morgan fingerprint density at radius 3 is 2.78 bits per heavy atom. The molecule has 0 aromatic heterocycles. The highest BCUT2D eigenvalue weighted by molar-refractivity contribution is 5.43. The first-order chi connectivity index (χ1) is 8.72. The van der Waals surface area contributed by atoms with Crippen LogP contribution >= 0.6 is 0 Å². The number of rotatable bonds is 7. The van der Waals surface area contributed by atoms with Gasteiger partial charge in [0.15, 0.2) is 11.5 Å². The Kier molecular flexibility index (Phi) is 6.10. The molecule has 0 aliphatic rings. The molecular weight excluding hydrogens is 226 g/mol. The lowest BCUT2D eigenvalue weighted by Crippen LogP contribution is -2.17. The molecule has 3 heteroatoms. The fraction of sp³-hybridized carbons (Fsp3) is 0.467. The van der Waals surface area contributed by atoms with Gasteiger partial charge in [-0.2, -0.15) is 0 Å². The van der Waals surface area contributed by atoms with Gasteiger partial charge in [0, 0.05) is 12.5 Å². The van der Waals surface area contributed by atoms with E-state index < -0.39 is 0 Å². The first-order valence-corrected chi connectivity index (χ1v) is 6.20. The van der Waals surface area contributed by atoms with Gasteiger partial charge >= 0.3 is 0 Å². The van der Waals surface area contributed by atoms with Gasteiger partial charge < -0.3 is 14.8 Å². The quantitative estimate of drug-likeness (QED) is 0.593. The summed E-state index contributed by atoms with van der Waals surface area (Å²) in [5.41, 5.74) is 1.18. The first kappa shape index (κ1) is 14.4. The van der Waals surface area contributed by atoms with Crippen LogP contribution in [0.3, 0.4) is 0 Å². The lowest BCUT2D eigenvalue weighted by molar-refractivity contribution is 0.301. The van der Waals surface area contributed by atoms with Crippen LogP contribution in [0.15, 0.2) is 18.2 Å². The summed E-state index contributed by atoms with van der Waals surface area (Å²) in [4.78, 5) is 0. The van der Waals surface area contributed by atoms with Crippen molar-refractivity contribution in [3.05, 3.63) is 23.8 Å². The fourth-order valence-corrected chi connectivity index (χ4v) is 1.72. The van der Waals surface area contributed by atoms with E-state index in [0.717, 1.165) is 18.0 Å². The van der Waals surface area contributed by atoms with Crippen molar-refractivity contribution >= 4 is 0 Å². The van der Waals surface area contributed by atoms with Gasteiger partial charge in [-0.25, -0.2) is 0 Å². The van der Waals surface area contributed by atoms with Crippen molar-refractivity contribution in [2.24, 2.45) is 0 Å². The zero-order chi connectivity index (χ0) is 13.4. The molecule has 0 saturated carbocycles. The Morgan fingerprint density at radius 2 is 2.17 bits per heavy atom. The number of terminal acetylenes is 1. The third-order valence-corrected chi connectivity index (χ3v) is 2.70. The predicted molar refractivity (Wildman–Crippen MR) is 74.0 cm³/mol. The molecule has 0 fully saturated rings. The SMILES string of the molecule is C#CCCOc1ccc(C(C)NCC)cc1OC. The van der Waals surface area contributed by atoms with Crippen LogP contribution in [-0.2, 0) is 0 Å². The Bertz CT molecular complexity index is 409. The van der Waals surface area contributed by atoms with Crippen LogP contribution in [0.4, 0.5) is 0 Å². The van der Waals surface area contributed by atoms with Crippen molar-refractivity contribution in [2.45, 2.75) is 26.3 Å². The summed E-state index contributed by atoms with van der Waals surface area (Å²) >= 11 is 0. The minimum absolute atomic E-state index is 0.295. The highest BCUT2D eigenvalue weighted by Gasteiger charge is 2.09. The monoisotopic (exact) mass is 247 g/mol. The average molecular weight is 247 g/mol. The standard InChI is InChI=1S/C15H21NO2/c1-5-7-10-18-14-9-8-13(11-15(14)17-4)12(3)16-6-2/h1,8-9,11-12,16H,6-7,10H2,2-4H3. The van der Waals surface area contributed by atoms with E-state index in [9.17, 15) is 0 Å². The number of benzene rings is 1. The normalized spacial score (nSPS) is 11.7. The van der Waals surface area contributed by atoms with Crippen LogP contribution in [0.2, 0.25) is 0 Å². The van der Waals surface area contributed by atoms with Gasteiger partial charge in [0.2, 0.25) is 0 Å². The smallest absolute Gasteiger partial charge is 0.161 e. The Morgan fingerprint density at radius 1 is 1.39 bits per heavy atom. The summed E-state index contributed by atoms with van der Waals surface area (Å²) < 4.78 is 10.9. The highest BCUT2D eigenvalue weighted by Crippen LogP contribution is 2.30. The number of hydrogen-bond acceptors (Lipinski definition) is 3. The van der Waals surface area contributed by atoms with E-state index in [1.807, 2.05) is 18.2 Å². The molecule has 1 aromatic carbocycles. The van der Waals surface area contributed by atoms with E-state index in [0.29, 0.717) is 19.1 Å². The van der Waals surface area contributed by atoms with E-state index >= 15 is 0 Å². The van der Waals surface area contributed by atoms with Gasteiger partial charge in [-0.15, -0.1) is 12.3 Å². The summed E-state index contributed by atoms with van der Waals surface area (Å²) in [6.07, 6.45) is 5.79. The van der Waals surface area contributed by atoms with Crippen LogP contribution in [0.1, 0.15) is 31.9 Å². The van der Waals surface area contributed by atoms with Crippen LogP contribution in [0.5, 0.6) is 11.5 Å². The molecule has 1 atom stereocenters. The third kappa shape index (κ3) is 3.97. The second-order valence-corrected chi connectivity index (χ2v) is 3.99. The summed E-state index contributed by atoms with van der Waals surface area (Å²) in [6, 6.07) is 6.27. The number of nitrogens with one attached hydrogen (secondary N) is 1. The molecule has 0 radical (unpaired) electrons. The maximum absolute atomic E-state index is 5.58. The molecule has 0 saturated heterocycles. The molecule has 1 unspecified atom stereocenters. The fourth-order valence-electron chi connectivity index (χ4n) is 1.72. The zero-order valence-corrected chi connectivity index (χ0v) is 11.3. The summed E-state index contributed by atoms with van der Waals surface area (Å²) in [6.45, 7) is 5.65. The van der Waals surface area contributed by atoms with Crippen molar-refractivity contribution in [1.82, 2.24) is 5.32 Å². The van der Waals surface area contributed by atoms with Crippen LogP contribution in [0, 0.1) is 12.3 Å². The molecule has 3 nitrogen and oxygen atoms in total. The molecule has 0 aliphatic carbocycles. The second-order valence-electron chi connectivity index (χ2n) is 3.99. The van der Waals surface area contributed by atoms with E-state index in [4.69, 9.17) is 15.9 Å². The maximum Gasteiger partial charge on any atom is 0.161 e. The van der Waals surface area contributed by atoms with Gasteiger partial charge in [-0.3, -0.25) is 0 Å². The topological polar surface area (TPSA) is 30.5 Å². The molecule has 0 heterocycles. The van der Waals surface area contributed by atoms with Crippen molar-refractivity contribution in [3.63, 3.8) is 0 Å². The summed E-state index contributed by atoms with van der Waals surface area (Å²) in [7, 11) is 1.64. The van der Waals surface area contributed by atoms with Crippen molar-refractivity contribution in [2.75, 3.05) is 20.3 Å². The van der Waals surface area contributed by atoms with Gasteiger partial charge in [0.1, 0.15) is 0 Å². The zero-order valence-electron chi connectivity index (χ0n) is 11.3. The molecule has 0 bridgehead atoms. The summed E-state index contributed by atoms with van der Waals surface area (Å²) in [5, 5.41) is 3.36. The number of methoxy groups -OCH3 is 1. The minimum Gasteiger partial charge on any atom is -0.493 e. The minimum atomic E-state index is 0.295. The molecule has 0 aliphatic heterocycles. The maximum atomic E-state index is 5.58. The van der Waals surface area contributed by atoms with Crippen molar-refractivity contribution < 1.29 is 9.47 Å². The van der Waals surface area contributed by atoms with E-state index in [-0.39, 0.29) is 0 Å². The molecule has 98 valence electrons. The second kappa shape index (κ2) is 7.62. The Labute approximate surface area is 109 Å². The van der Waals surface area contributed by atoms with Crippen molar-refractivity contribution in [1.29, 1.82) is 0 Å².